The summed E-state index contributed by atoms with van der Waals surface area (Å²) in [7, 11) is 0. The Bertz CT molecular complexity index is 1100. The van der Waals surface area contributed by atoms with Crippen LogP contribution in [0.5, 0.6) is 0 Å². The molecule has 0 atom stereocenters. The largest absolute Gasteiger partial charge is 0.323 e. The number of rotatable bonds is 5. The third kappa shape index (κ3) is 3.65. The van der Waals surface area contributed by atoms with Gasteiger partial charge in [-0.05, 0) is 58.7 Å². The number of fused-ring (bicyclic) bond motifs is 1. The Labute approximate surface area is 169 Å². The summed E-state index contributed by atoms with van der Waals surface area (Å²) in [6.45, 7) is 3.04. The van der Waals surface area contributed by atoms with Crippen LogP contribution in [0.1, 0.15) is 23.0 Å². The van der Waals surface area contributed by atoms with Gasteiger partial charge in [-0.1, -0.05) is 19.1 Å². The minimum absolute atomic E-state index is 0.167. The number of carbonyl (C=O) groups excluding carboxylic acids is 1. The molecule has 0 bridgehead atoms. The van der Waals surface area contributed by atoms with E-state index in [1.807, 2.05) is 36.4 Å². The average Bonchev–Trinajstić information content (AvgIpc) is 3.29. The van der Waals surface area contributed by atoms with Crippen LogP contribution in [-0.2, 0) is 6.54 Å². The monoisotopic (exact) mass is 440 g/mol. The van der Waals surface area contributed by atoms with Gasteiger partial charge >= 0.3 is 0 Å². The Balaban J connectivity index is 1.64. The number of hydrogen-bond donors (Lipinski definition) is 1. The van der Waals surface area contributed by atoms with Crippen molar-refractivity contribution in [2.45, 2.75) is 19.9 Å². The van der Waals surface area contributed by atoms with Crippen molar-refractivity contribution < 1.29 is 4.79 Å². The summed E-state index contributed by atoms with van der Waals surface area (Å²) in [5.41, 5.74) is 2.09. The predicted molar refractivity (Wildman–Crippen MR) is 113 cm³/mol. The minimum Gasteiger partial charge on any atom is -0.323 e. The van der Waals surface area contributed by atoms with E-state index in [1.54, 1.807) is 12.3 Å². The molecule has 1 amide bonds. The second-order valence-corrected chi connectivity index (χ2v) is 8.05. The van der Waals surface area contributed by atoms with Crippen LogP contribution in [0.25, 0.3) is 21.7 Å². The lowest BCUT2D eigenvalue weighted by molar-refractivity contribution is 0.103. The molecule has 0 aliphatic rings. The SMILES string of the molecule is CCCn1c(-c2ccc(C(=O)Nc3ccc(Br)cn3)s2)nc2ccccc21. The highest BCUT2D eigenvalue weighted by Crippen LogP contribution is 2.31. The maximum atomic E-state index is 12.5. The first-order valence-corrected chi connectivity index (χ1v) is 10.2. The van der Waals surface area contributed by atoms with Crippen molar-refractivity contribution in [2.75, 3.05) is 5.32 Å². The average molecular weight is 441 g/mol. The lowest BCUT2D eigenvalue weighted by Crippen LogP contribution is -2.11. The molecule has 0 aliphatic heterocycles. The van der Waals surface area contributed by atoms with E-state index in [1.165, 1.54) is 11.3 Å². The van der Waals surface area contributed by atoms with Crippen LogP contribution < -0.4 is 5.32 Å². The molecular formula is C20H17BrN4OS. The number of carbonyl (C=O) groups is 1. The van der Waals surface area contributed by atoms with Gasteiger partial charge in [-0.15, -0.1) is 11.3 Å². The van der Waals surface area contributed by atoms with Crippen molar-refractivity contribution in [1.29, 1.82) is 0 Å². The number of pyridine rings is 1. The molecule has 5 nitrogen and oxygen atoms in total. The highest BCUT2D eigenvalue weighted by atomic mass is 79.9. The van der Waals surface area contributed by atoms with Crippen LogP contribution in [0.15, 0.2) is 59.2 Å². The van der Waals surface area contributed by atoms with Crippen molar-refractivity contribution in [3.8, 4) is 10.7 Å². The quantitative estimate of drug-likeness (QED) is 0.440. The number of aromatic nitrogens is 3. The summed E-state index contributed by atoms with van der Waals surface area (Å²) in [6, 6.07) is 15.5. The molecule has 0 aliphatic carbocycles. The normalized spacial score (nSPS) is 11.0. The van der Waals surface area contributed by atoms with E-state index in [9.17, 15) is 4.79 Å². The highest BCUT2D eigenvalue weighted by Gasteiger charge is 2.16. The molecule has 1 N–H and O–H groups in total. The lowest BCUT2D eigenvalue weighted by atomic mass is 10.3. The van der Waals surface area contributed by atoms with Crippen molar-refractivity contribution >= 4 is 50.0 Å². The number of aryl methyl sites for hydroxylation is 1. The van der Waals surface area contributed by atoms with Gasteiger partial charge in [0.1, 0.15) is 5.82 Å². The molecule has 0 saturated heterocycles. The minimum atomic E-state index is -0.167. The Morgan fingerprint density at radius 3 is 2.81 bits per heavy atom. The summed E-state index contributed by atoms with van der Waals surface area (Å²) in [4.78, 5) is 23.1. The van der Waals surface area contributed by atoms with Crippen LogP contribution in [-0.4, -0.2) is 20.4 Å². The standard InChI is InChI=1S/C20H17BrN4OS/c1-2-11-25-15-6-4-3-5-14(15)23-19(25)16-8-9-17(27-16)20(26)24-18-10-7-13(21)12-22-18/h3-10,12H,2,11H2,1H3,(H,22,24,26). The molecule has 0 saturated carbocycles. The number of benzene rings is 1. The lowest BCUT2D eigenvalue weighted by Gasteiger charge is -2.06. The number of thiophene rings is 1. The second kappa shape index (κ2) is 7.62. The Kier molecular flexibility index (Phi) is 5.05. The molecule has 0 unspecified atom stereocenters. The van der Waals surface area contributed by atoms with Crippen molar-refractivity contribution in [2.24, 2.45) is 0 Å². The van der Waals surface area contributed by atoms with E-state index in [-0.39, 0.29) is 5.91 Å². The maximum Gasteiger partial charge on any atom is 0.266 e. The molecule has 0 fully saturated rings. The fraction of sp³-hybridized carbons (Fsp3) is 0.150. The first kappa shape index (κ1) is 17.9. The number of hydrogen-bond acceptors (Lipinski definition) is 4. The molecule has 4 rings (SSSR count). The highest BCUT2D eigenvalue weighted by molar-refractivity contribution is 9.10. The van der Waals surface area contributed by atoms with Gasteiger partial charge in [0, 0.05) is 17.2 Å². The summed E-state index contributed by atoms with van der Waals surface area (Å²) in [5, 5.41) is 2.83. The van der Waals surface area contributed by atoms with Crippen molar-refractivity contribution in [3.05, 3.63) is 64.1 Å². The Morgan fingerprint density at radius 2 is 2.04 bits per heavy atom. The van der Waals surface area contributed by atoms with E-state index >= 15 is 0 Å². The molecule has 7 heteroatoms. The van der Waals surface area contributed by atoms with E-state index in [0.29, 0.717) is 10.7 Å². The third-order valence-electron chi connectivity index (χ3n) is 4.12. The number of halogens is 1. The zero-order valence-corrected chi connectivity index (χ0v) is 17.0. The first-order chi connectivity index (χ1) is 13.2. The van der Waals surface area contributed by atoms with Gasteiger partial charge in [-0.3, -0.25) is 4.79 Å². The summed E-state index contributed by atoms with van der Waals surface area (Å²) >= 11 is 4.78. The molecule has 27 heavy (non-hydrogen) atoms. The van der Waals surface area contributed by atoms with E-state index in [4.69, 9.17) is 4.98 Å². The van der Waals surface area contributed by atoms with Gasteiger partial charge in [-0.25, -0.2) is 9.97 Å². The van der Waals surface area contributed by atoms with Gasteiger partial charge in [0.2, 0.25) is 0 Å². The van der Waals surface area contributed by atoms with E-state index in [2.05, 4.69) is 43.8 Å². The fourth-order valence-electron chi connectivity index (χ4n) is 2.92. The summed E-state index contributed by atoms with van der Waals surface area (Å²) in [5.74, 6) is 1.26. The molecule has 1 aromatic carbocycles. The third-order valence-corrected chi connectivity index (χ3v) is 5.67. The second-order valence-electron chi connectivity index (χ2n) is 6.06. The van der Waals surface area contributed by atoms with Crippen LogP contribution in [0.2, 0.25) is 0 Å². The number of nitrogens with zero attached hydrogens (tertiary/aromatic N) is 3. The smallest absolute Gasteiger partial charge is 0.266 e. The van der Waals surface area contributed by atoms with Crippen LogP contribution in [0.3, 0.4) is 0 Å². The molecule has 3 aromatic heterocycles. The van der Waals surface area contributed by atoms with Gasteiger partial charge < -0.3 is 9.88 Å². The zero-order chi connectivity index (χ0) is 18.8. The summed E-state index contributed by atoms with van der Waals surface area (Å²) < 4.78 is 3.09. The molecular weight excluding hydrogens is 424 g/mol. The van der Waals surface area contributed by atoms with Gasteiger partial charge in [-0.2, -0.15) is 0 Å². The van der Waals surface area contributed by atoms with Crippen LogP contribution >= 0.6 is 27.3 Å². The topological polar surface area (TPSA) is 59.8 Å². The van der Waals surface area contributed by atoms with Crippen molar-refractivity contribution in [3.63, 3.8) is 0 Å². The molecule has 0 radical (unpaired) electrons. The van der Waals surface area contributed by atoms with Gasteiger partial charge in [0.15, 0.2) is 5.82 Å². The number of amides is 1. The maximum absolute atomic E-state index is 12.5. The number of para-hydroxylation sites is 2. The molecule has 4 aromatic rings. The van der Waals surface area contributed by atoms with E-state index < -0.39 is 0 Å². The Morgan fingerprint density at radius 1 is 1.19 bits per heavy atom. The summed E-state index contributed by atoms with van der Waals surface area (Å²) in [6.07, 6.45) is 2.67. The number of imidazole rings is 1. The molecule has 136 valence electrons. The Hall–Kier alpha value is -2.51. The molecule has 0 spiro atoms. The van der Waals surface area contributed by atoms with Gasteiger partial charge in [0.05, 0.1) is 20.8 Å². The molecule has 3 heterocycles. The fourth-order valence-corrected chi connectivity index (χ4v) is 4.06. The van der Waals surface area contributed by atoms with Crippen LogP contribution in [0.4, 0.5) is 5.82 Å². The number of nitrogens with one attached hydrogen (secondary N) is 1. The zero-order valence-electron chi connectivity index (χ0n) is 14.6. The van der Waals surface area contributed by atoms with Crippen molar-refractivity contribution in [1.82, 2.24) is 14.5 Å². The predicted octanol–water partition coefficient (Wildman–Crippen LogP) is 5.58. The number of anilines is 1. The van der Waals surface area contributed by atoms with Crippen LogP contribution in [0, 0.1) is 0 Å². The first-order valence-electron chi connectivity index (χ1n) is 8.64. The van der Waals surface area contributed by atoms with E-state index in [0.717, 1.165) is 39.2 Å². The van der Waals surface area contributed by atoms with Gasteiger partial charge in [0.25, 0.3) is 5.91 Å².